The maximum absolute atomic E-state index is 12.3. The van der Waals surface area contributed by atoms with E-state index in [0.717, 1.165) is 25.7 Å². The average molecular weight is 346 g/mol. The van der Waals surface area contributed by atoms with Crippen LogP contribution >= 0.6 is 0 Å². The number of nitrogens with one attached hydrogen (secondary N) is 2. The molecule has 0 spiro atoms. The molecule has 2 rings (SSSR count). The standard InChI is InChI=1S/C16H21F3N2O3/c17-16(18,19)10-24-14-8-4-3-7-13(14)21-15(23)20-12-6-2-1-5-11(12)9-22/h3-4,7-8,11-12,22H,1-2,5-6,9-10H2,(H2,20,21,23). The van der Waals surface area contributed by atoms with Crippen molar-refractivity contribution in [3.8, 4) is 5.75 Å². The number of halogens is 3. The van der Waals surface area contributed by atoms with E-state index in [1.807, 2.05) is 0 Å². The number of benzene rings is 1. The van der Waals surface area contributed by atoms with E-state index in [0.29, 0.717) is 0 Å². The first-order chi connectivity index (χ1) is 11.4. The van der Waals surface area contributed by atoms with Crippen LogP contribution in [0, 0.1) is 5.92 Å². The van der Waals surface area contributed by atoms with Gasteiger partial charge >= 0.3 is 12.2 Å². The van der Waals surface area contributed by atoms with Gasteiger partial charge in [0.2, 0.25) is 0 Å². The monoisotopic (exact) mass is 346 g/mol. The van der Waals surface area contributed by atoms with E-state index in [4.69, 9.17) is 4.74 Å². The third-order valence-corrected chi connectivity index (χ3v) is 3.99. The number of rotatable bonds is 5. The summed E-state index contributed by atoms with van der Waals surface area (Å²) in [6.45, 7) is -1.43. The minimum Gasteiger partial charge on any atom is -0.482 e. The summed E-state index contributed by atoms with van der Waals surface area (Å²) >= 11 is 0. The molecule has 2 unspecified atom stereocenters. The van der Waals surface area contributed by atoms with Gasteiger partial charge in [-0.2, -0.15) is 13.2 Å². The predicted molar refractivity (Wildman–Crippen MR) is 83.0 cm³/mol. The van der Waals surface area contributed by atoms with Crippen molar-refractivity contribution in [2.45, 2.75) is 37.9 Å². The van der Waals surface area contributed by atoms with Crippen LogP contribution in [0.4, 0.5) is 23.7 Å². The maximum atomic E-state index is 12.3. The molecule has 3 N–H and O–H groups in total. The van der Waals surface area contributed by atoms with Gasteiger partial charge < -0.3 is 20.5 Å². The maximum Gasteiger partial charge on any atom is 0.422 e. The normalized spacial score (nSPS) is 21.2. The molecule has 1 aromatic carbocycles. The molecule has 2 amide bonds. The number of hydrogen-bond acceptors (Lipinski definition) is 3. The Morgan fingerprint density at radius 3 is 2.67 bits per heavy atom. The summed E-state index contributed by atoms with van der Waals surface area (Å²) in [6.07, 6.45) is -0.866. The van der Waals surface area contributed by atoms with Crippen LogP contribution < -0.4 is 15.4 Å². The second-order valence-corrected chi connectivity index (χ2v) is 5.83. The van der Waals surface area contributed by atoms with Gasteiger partial charge in [0.15, 0.2) is 6.61 Å². The fourth-order valence-electron chi connectivity index (χ4n) is 2.80. The highest BCUT2D eigenvalue weighted by atomic mass is 19.4. The molecular formula is C16H21F3N2O3. The van der Waals surface area contributed by atoms with E-state index in [-0.39, 0.29) is 30.0 Å². The van der Waals surface area contributed by atoms with Crippen molar-refractivity contribution < 1.29 is 27.8 Å². The van der Waals surface area contributed by atoms with Gasteiger partial charge in [-0.15, -0.1) is 0 Å². The molecule has 0 aromatic heterocycles. The number of carbonyl (C=O) groups excluding carboxylic acids is 1. The molecule has 2 atom stereocenters. The minimum absolute atomic E-state index is 0.00113. The quantitative estimate of drug-likeness (QED) is 0.766. The Bertz CT molecular complexity index is 552. The summed E-state index contributed by atoms with van der Waals surface area (Å²) in [7, 11) is 0. The van der Waals surface area contributed by atoms with Crippen LogP contribution in [-0.4, -0.2) is 36.6 Å². The Hall–Kier alpha value is -1.96. The molecule has 0 heterocycles. The lowest BCUT2D eigenvalue weighted by Crippen LogP contribution is -2.45. The molecular weight excluding hydrogens is 325 g/mol. The zero-order valence-electron chi connectivity index (χ0n) is 13.1. The van der Waals surface area contributed by atoms with Crippen LogP contribution in [0.25, 0.3) is 0 Å². The van der Waals surface area contributed by atoms with E-state index in [9.17, 15) is 23.1 Å². The van der Waals surface area contributed by atoms with Crippen molar-refractivity contribution in [2.75, 3.05) is 18.5 Å². The van der Waals surface area contributed by atoms with Gasteiger partial charge in [0.25, 0.3) is 0 Å². The zero-order valence-corrected chi connectivity index (χ0v) is 13.1. The lowest BCUT2D eigenvalue weighted by Gasteiger charge is -2.30. The second kappa shape index (κ2) is 8.23. The Balaban J connectivity index is 1.96. The Morgan fingerprint density at radius 2 is 1.96 bits per heavy atom. The Morgan fingerprint density at radius 1 is 1.25 bits per heavy atom. The summed E-state index contributed by atoms with van der Waals surface area (Å²) < 4.78 is 41.6. The van der Waals surface area contributed by atoms with Gasteiger partial charge in [0, 0.05) is 18.6 Å². The van der Waals surface area contributed by atoms with Gasteiger partial charge in [-0.3, -0.25) is 0 Å². The molecule has 8 heteroatoms. The lowest BCUT2D eigenvalue weighted by atomic mass is 9.85. The molecule has 1 fully saturated rings. The number of anilines is 1. The van der Waals surface area contributed by atoms with Crippen molar-refractivity contribution in [2.24, 2.45) is 5.92 Å². The average Bonchev–Trinajstić information content (AvgIpc) is 2.53. The summed E-state index contributed by atoms with van der Waals surface area (Å²) in [5, 5.41) is 14.7. The summed E-state index contributed by atoms with van der Waals surface area (Å²) in [5.41, 5.74) is 0.163. The van der Waals surface area contributed by atoms with Gasteiger partial charge in [-0.25, -0.2) is 4.79 Å². The molecule has 1 aromatic rings. The first-order valence-corrected chi connectivity index (χ1v) is 7.86. The van der Waals surface area contributed by atoms with Crippen molar-refractivity contribution in [3.05, 3.63) is 24.3 Å². The number of urea groups is 1. The smallest absolute Gasteiger partial charge is 0.422 e. The molecule has 5 nitrogen and oxygen atoms in total. The number of para-hydroxylation sites is 2. The third-order valence-electron chi connectivity index (χ3n) is 3.99. The van der Waals surface area contributed by atoms with Gasteiger partial charge in [-0.1, -0.05) is 25.0 Å². The molecule has 0 aliphatic heterocycles. The first kappa shape index (κ1) is 18.4. The molecule has 0 saturated heterocycles. The topological polar surface area (TPSA) is 70.6 Å². The molecule has 0 bridgehead atoms. The van der Waals surface area contributed by atoms with Crippen LogP contribution in [0.1, 0.15) is 25.7 Å². The van der Waals surface area contributed by atoms with E-state index in [2.05, 4.69) is 10.6 Å². The number of hydrogen-bond donors (Lipinski definition) is 3. The van der Waals surface area contributed by atoms with Crippen LogP contribution in [-0.2, 0) is 0 Å². The lowest BCUT2D eigenvalue weighted by molar-refractivity contribution is -0.153. The molecule has 1 aliphatic rings. The number of carbonyl (C=O) groups is 1. The third kappa shape index (κ3) is 5.59. The summed E-state index contributed by atoms with van der Waals surface area (Å²) in [6, 6.07) is 5.27. The van der Waals surface area contributed by atoms with Crippen LogP contribution in [0.3, 0.4) is 0 Å². The number of alkyl halides is 3. The number of aliphatic hydroxyl groups excluding tert-OH is 1. The van der Waals surface area contributed by atoms with Crippen LogP contribution in [0.5, 0.6) is 5.75 Å². The Kier molecular flexibility index (Phi) is 6.30. The van der Waals surface area contributed by atoms with Gasteiger partial charge in [0.05, 0.1) is 5.69 Å². The summed E-state index contributed by atoms with van der Waals surface area (Å²) in [5.74, 6) is -0.0476. The van der Waals surface area contributed by atoms with E-state index in [1.54, 1.807) is 6.07 Å². The largest absolute Gasteiger partial charge is 0.482 e. The van der Waals surface area contributed by atoms with Crippen molar-refractivity contribution in [3.63, 3.8) is 0 Å². The molecule has 24 heavy (non-hydrogen) atoms. The number of aliphatic hydroxyl groups is 1. The van der Waals surface area contributed by atoms with E-state index in [1.165, 1.54) is 18.2 Å². The highest BCUT2D eigenvalue weighted by molar-refractivity contribution is 5.91. The van der Waals surface area contributed by atoms with E-state index < -0.39 is 18.8 Å². The number of amides is 2. The van der Waals surface area contributed by atoms with Gasteiger partial charge in [0.1, 0.15) is 5.75 Å². The summed E-state index contributed by atoms with van der Waals surface area (Å²) in [4.78, 5) is 12.1. The van der Waals surface area contributed by atoms with Crippen LogP contribution in [0.15, 0.2) is 24.3 Å². The fourth-order valence-corrected chi connectivity index (χ4v) is 2.80. The Labute approximate surface area is 138 Å². The van der Waals surface area contributed by atoms with Gasteiger partial charge in [-0.05, 0) is 25.0 Å². The minimum atomic E-state index is -4.45. The molecule has 1 aliphatic carbocycles. The molecule has 1 saturated carbocycles. The number of ether oxygens (including phenoxy) is 1. The fraction of sp³-hybridized carbons (Fsp3) is 0.562. The SMILES string of the molecule is O=C(Nc1ccccc1OCC(F)(F)F)NC1CCCCC1CO. The van der Waals surface area contributed by atoms with Crippen LogP contribution in [0.2, 0.25) is 0 Å². The highest BCUT2D eigenvalue weighted by Crippen LogP contribution is 2.27. The highest BCUT2D eigenvalue weighted by Gasteiger charge is 2.29. The van der Waals surface area contributed by atoms with Crippen molar-refractivity contribution >= 4 is 11.7 Å². The van der Waals surface area contributed by atoms with Crippen molar-refractivity contribution in [1.29, 1.82) is 0 Å². The zero-order chi connectivity index (χ0) is 17.6. The second-order valence-electron chi connectivity index (χ2n) is 5.83. The van der Waals surface area contributed by atoms with E-state index >= 15 is 0 Å². The molecule has 0 radical (unpaired) electrons. The first-order valence-electron chi connectivity index (χ1n) is 7.86. The van der Waals surface area contributed by atoms with Crippen molar-refractivity contribution in [1.82, 2.24) is 5.32 Å². The predicted octanol–water partition coefficient (Wildman–Crippen LogP) is 3.30. The molecule has 134 valence electrons.